The molecule has 1 aliphatic carbocycles. The lowest BCUT2D eigenvalue weighted by Crippen LogP contribution is -2.59. The Kier molecular flexibility index (Phi) is 14.0. The van der Waals surface area contributed by atoms with Gasteiger partial charge in [-0.1, -0.05) is 47.7 Å². The molecule has 11 rings (SSSR count). The van der Waals surface area contributed by atoms with Crippen molar-refractivity contribution in [3.05, 3.63) is 125 Å². The highest BCUT2D eigenvalue weighted by atomic mass is 32.1. The highest BCUT2D eigenvalue weighted by Crippen LogP contribution is 2.39. The number of hydrogen-bond donors (Lipinski definition) is 3. The van der Waals surface area contributed by atoms with Gasteiger partial charge in [-0.15, -0.1) is 0 Å². The monoisotopic (exact) mass is 1050 g/mol. The lowest BCUT2D eigenvalue weighted by Gasteiger charge is -2.43. The van der Waals surface area contributed by atoms with Gasteiger partial charge in [0.15, 0.2) is 10.8 Å². The van der Waals surface area contributed by atoms with Crippen LogP contribution < -0.4 is 25.2 Å². The molecule has 0 bridgehead atoms. The number of para-hydroxylation sites is 1. The molecule has 2 saturated heterocycles. The number of thiazole rings is 1. The van der Waals surface area contributed by atoms with Gasteiger partial charge in [0.25, 0.3) is 5.91 Å². The lowest BCUT2D eigenvalue weighted by atomic mass is 9.84. The van der Waals surface area contributed by atoms with Crippen molar-refractivity contribution in [2.75, 3.05) is 47.8 Å². The van der Waals surface area contributed by atoms with Crippen LogP contribution in [0.4, 0.5) is 29.8 Å². The molecule has 7 aromatic rings. The Balaban J connectivity index is 0.685. The van der Waals surface area contributed by atoms with Crippen LogP contribution >= 0.6 is 11.3 Å². The number of carboxylic acids is 1. The number of hydrogen-bond acceptors (Lipinski definition) is 12. The lowest BCUT2D eigenvalue weighted by molar-refractivity contribution is -0.156. The Hall–Kier alpha value is -7.38. The van der Waals surface area contributed by atoms with Crippen molar-refractivity contribution < 1.29 is 42.2 Å². The van der Waals surface area contributed by atoms with Gasteiger partial charge in [0.05, 0.1) is 33.4 Å². The number of piperazine rings is 1. The molecule has 1 saturated carbocycles. The number of piperidine rings is 1. The number of aromatic nitrogens is 4. The number of amides is 3. The molecule has 19 heteroatoms. The van der Waals surface area contributed by atoms with Crippen LogP contribution in [0.5, 0.6) is 5.75 Å². The highest BCUT2D eigenvalue weighted by molar-refractivity contribution is 7.22. The van der Waals surface area contributed by atoms with E-state index in [-0.39, 0.29) is 43.1 Å². The van der Waals surface area contributed by atoms with Crippen LogP contribution in [0, 0.1) is 12.8 Å². The van der Waals surface area contributed by atoms with Gasteiger partial charge in [-0.3, -0.25) is 34.6 Å². The van der Waals surface area contributed by atoms with Crippen LogP contribution in [0.3, 0.4) is 0 Å². The zero-order chi connectivity index (χ0) is 52.8. The summed E-state index contributed by atoms with van der Waals surface area (Å²) in [4.78, 5) is 65.6. The molecule has 0 spiro atoms. The molecule has 2 unspecified atom stereocenters. The number of carbonyl (C=O) groups excluding carboxylic acids is 3. The van der Waals surface area contributed by atoms with Crippen molar-refractivity contribution in [2.24, 2.45) is 13.0 Å². The minimum absolute atomic E-state index is 0.0324. The first-order valence-corrected chi connectivity index (χ1v) is 26.9. The number of halogens is 3. The van der Waals surface area contributed by atoms with E-state index in [4.69, 9.17) is 9.72 Å². The van der Waals surface area contributed by atoms with Crippen LogP contribution in [0.15, 0.2) is 91.0 Å². The van der Waals surface area contributed by atoms with Crippen molar-refractivity contribution in [3.8, 4) is 16.9 Å². The summed E-state index contributed by atoms with van der Waals surface area (Å²) >= 11 is 1.42. The second-order valence-electron chi connectivity index (χ2n) is 20.5. The number of carbonyl (C=O) groups is 4. The molecule has 3 fully saturated rings. The third-order valence-corrected chi connectivity index (χ3v) is 16.7. The van der Waals surface area contributed by atoms with Crippen molar-refractivity contribution in [1.82, 2.24) is 30.0 Å². The van der Waals surface area contributed by atoms with Crippen LogP contribution in [0.1, 0.15) is 101 Å². The number of imide groups is 1. The smallest absolute Gasteiger partial charge is 0.409 e. The van der Waals surface area contributed by atoms with Gasteiger partial charge in [0.1, 0.15) is 17.6 Å². The first kappa shape index (κ1) is 50.8. The average molecular weight is 1050 g/mol. The zero-order valence-corrected chi connectivity index (χ0v) is 43.1. The fourth-order valence-corrected chi connectivity index (χ4v) is 12.6. The van der Waals surface area contributed by atoms with E-state index in [0.29, 0.717) is 101 Å². The summed E-state index contributed by atoms with van der Waals surface area (Å²) < 4.78 is 53.5. The highest BCUT2D eigenvalue weighted by Gasteiger charge is 2.47. The fraction of sp³-hybridized carbons (Fsp3) is 0.386. The van der Waals surface area contributed by atoms with E-state index in [1.165, 1.54) is 16.2 Å². The summed E-state index contributed by atoms with van der Waals surface area (Å²) in [6.45, 7) is 4.05. The predicted molar refractivity (Wildman–Crippen MR) is 285 cm³/mol. The Labute approximate surface area is 441 Å². The molecule has 2 atom stereocenters. The van der Waals surface area contributed by atoms with Gasteiger partial charge >= 0.3 is 12.1 Å². The van der Waals surface area contributed by atoms with Crippen LogP contribution in [-0.2, 0) is 29.6 Å². The molecule has 4 aliphatic rings. The number of nitrogens with zero attached hydrogens (tertiary/aromatic N) is 7. The first-order valence-electron chi connectivity index (χ1n) is 26.0. The Morgan fingerprint density at radius 2 is 1.71 bits per heavy atom. The summed E-state index contributed by atoms with van der Waals surface area (Å²) in [7, 11) is 1.71. The van der Waals surface area contributed by atoms with E-state index in [1.54, 1.807) is 42.1 Å². The normalized spacial score (nSPS) is 20.4. The molecular formula is C57H58F3N9O6S. The van der Waals surface area contributed by atoms with Crippen molar-refractivity contribution in [1.29, 1.82) is 0 Å². The van der Waals surface area contributed by atoms with Gasteiger partial charge in [-0.2, -0.15) is 18.3 Å². The number of ether oxygens (including phenoxy) is 1. The van der Waals surface area contributed by atoms with E-state index < -0.39 is 30.0 Å². The fourth-order valence-electron chi connectivity index (χ4n) is 11.7. The summed E-state index contributed by atoms with van der Waals surface area (Å²) in [5, 5.41) is 21.7. The SMILES string of the molecule is Cc1c(OC2CCC(CCCN3CCN(c4ccc5c(C6CCC(=O)NC6=O)nn(C)c5c4)C(C(F)(F)F)C3)CC2)cccc1-c1ccc(N2CCc3cccc(C(=O)Nc4nc5ccccc5s4)c3C2)nc1C(=O)O. The van der Waals surface area contributed by atoms with E-state index in [0.717, 1.165) is 65.4 Å². The van der Waals surface area contributed by atoms with Gasteiger partial charge < -0.3 is 19.6 Å². The molecule has 6 heterocycles. The Morgan fingerprint density at radius 1 is 0.895 bits per heavy atom. The first-order chi connectivity index (χ1) is 36.6. The predicted octanol–water partition coefficient (Wildman–Crippen LogP) is 10.1. The number of aromatic carboxylic acids is 1. The van der Waals surface area contributed by atoms with Gasteiger partial charge in [-0.25, -0.2) is 14.8 Å². The number of nitrogens with one attached hydrogen (secondary N) is 2. The molecule has 3 N–H and O–H groups in total. The standard InChI is InChI=1S/C57H58F3N9O6S/c1-33-38(39-21-23-49(62-52(39)55(73)74)68-27-25-35-9-5-11-40(43(35)31-68)53(71)64-56-61-44-12-3-4-14-47(44)76-56)10-6-13-46(33)75-37-18-15-34(16-19-37)8-7-26-67-28-29-69(48(32-67)57(58,59)60)36-17-20-41-45(30-36)66(2)65-51(41)42-22-24-50(70)63-54(42)72/h3-6,9-14,17,20-21,23,30,34,37,42,48H,7-8,15-16,18-19,22,24-29,31-32H2,1-2H3,(H,73,74)(H,61,64,71)(H,63,70,72). The second-order valence-corrected chi connectivity index (χ2v) is 21.6. The maximum atomic E-state index is 14.8. The maximum Gasteiger partial charge on any atom is 0.409 e. The summed E-state index contributed by atoms with van der Waals surface area (Å²) in [5.74, 6) is -1.13. The third-order valence-electron chi connectivity index (χ3n) is 15.8. The van der Waals surface area contributed by atoms with E-state index in [1.807, 2.05) is 77.4 Å². The Morgan fingerprint density at radius 3 is 2.50 bits per heavy atom. The molecule has 4 aromatic carbocycles. The van der Waals surface area contributed by atoms with Gasteiger partial charge in [-0.05, 0) is 148 Å². The number of fused-ring (bicyclic) bond motifs is 3. The van der Waals surface area contributed by atoms with Crippen LogP contribution in [0.2, 0.25) is 0 Å². The Bertz CT molecular complexity index is 3360. The summed E-state index contributed by atoms with van der Waals surface area (Å²) in [6.07, 6.45) is 1.95. The van der Waals surface area contributed by atoms with Gasteiger partial charge in [0, 0.05) is 68.4 Å². The molecule has 394 valence electrons. The van der Waals surface area contributed by atoms with Crippen LogP contribution in [-0.4, -0.2) is 104 Å². The number of alkyl halides is 3. The van der Waals surface area contributed by atoms with E-state index >= 15 is 0 Å². The van der Waals surface area contributed by atoms with Crippen molar-refractivity contribution >= 4 is 72.8 Å². The third kappa shape index (κ3) is 10.3. The van der Waals surface area contributed by atoms with Crippen LogP contribution in [0.25, 0.3) is 32.2 Å². The van der Waals surface area contributed by atoms with E-state index in [2.05, 4.69) is 20.7 Å². The number of aryl methyl sites for hydroxylation is 1. The molecular weight excluding hydrogens is 996 g/mol. The number of carboxylic acid groups (broad SMARTS) is 1. The average Bonchev–Trinajstić information content (AvgIpc) is 4.02. The molecule has 3 amide bonds. The largest absolute Gasteiger partial charge is 0.490 e. The minimum atomic E-state index is -4.45. The van der Waals surface area contributed by atoms with Crippen molar-refractivity contribution in [3.63, 3.8) is 0 Å². The van der Waals surface area contributed by atoms with Crippen molar-refractivity contribution in [2.45, 2.75) is 95.5 Å². The minimum Gasteiger partial charge on any atom is -0.490 e. The maximum absolute atomic E-state index is 14.8. The number of rotatable bonds is 13. The van der Waals surface area contributed by atoms with E-state index in [9.17, 15) is 37.5 Å². The number of pyridine rings is 1. The molecule has 15 nitrogen and oxygen atoms in total. The summed E-state index contributed by atoms with van der Waals surface area (Å²) in [5.41, 5.74) is 6.79. The zero-order valence-electron chi connectivity index (χ0n) is 42.2. The molecule has 3 aromatic heterocycles. The van der Waals surface area contributed by atoms with Gasteiger partial charge in [0.2, 0.25) is 11.8 Å². The number of benzene rings is 4. The summed E-state index contributed by atoms with van der Waals surface area (Å²) in [6, 6.07) is 26.2. The molecule has 76 heavy (non-hydrogen) atoms. The number of anilines is 3. The topological polar surface area (TPSA) is 175 Å². The second kappa shape index (κ2) is 21.0. The molecule has 0 radical (unpaired) electrons. The quantitative estimate of drug-likeness (QED) is 0.0934. The molecule has 3 aliphatic heterocycles.